The maximum atomic E-state index is 12.8. The fraction of sp³-hybridized carbons (Fsp3) is 0.500. The molecule has 0 amide bonds. The first kappa shape index (κ1) is 12.1. The fourth-order valence-corrected chi connectivity index (χ4v) is 1.50. The second kappa shape index (κ2) is 3.54. The Morgan fingerprint density at radius 3 is 1.60 bits per heavy atom. The van der Waals surface area contributed by atoms with E-state index in [0.717, 1.165) is 11.1 Å². The Morgan fingerprint density at radius 1 is 0.867 bits per heavy atom. The third-order valence-electron chi connectivity index (χ3n) is 2.65. The van der Waals surface area contributed by atoms with Crippen molar-refractivity contribution in [2.45, 2.75) is 39.3 Å². The summed E-state index contributed by atoms with van der Waals surface area (Å²) >= 11 is 0. The van der Waals surface area contributed by atoms with Gasteiger partial charge in [-0.1, -0.05) is 29.3 Å². The highest BCUT2D eigenvalue weighted by molar-refractivity contribution is 5.34. The van der Waals surface area contributed by atoms with Crippen molar-refractivity contribution in [2.75, 3.05) is 0 Å². The Bertz CT molecular complexity index is 341. The highest BCUT2D eigenvalue weighted by atomic mass is 19.4. The van der Waals surface area contributed by atoms with Crippen LogP contribution in [0.15, 0.2) is 18.2 Å². The SMILES string of the molecule is Cc1cc(C)cc(C(C)(C)C(F)(F)F)c1. The molecule has 0 saturated carbocycles. The summed E-state index contributed by atoms with van der Waals surface area (Å²) in [4.78, 5) is 0. The van der Waals surface area contributed by atoms with E-state index in [-0.39, 0.29) is 0 Å². The number of hydrogen-bond donors (Lipinski definition) is 0. The fourth-order valence-electron chi connectivity index (χ4n) is 1.50. The average molecular weight is 216 g/mol. The highest BCUT2D eigenvalue weighted by Gasteiger charge is 2.48. The Balaban J connectivity index is 3.27. The summed E-state index contributed by atoms with van der Waals surface area (Å²) in [5.41, 5.74) is 0.265. The molecule has 0 aliphatic heterocycles. The summed E-state index contributed by atoms with van der Waals surface area (Å²) < 4.78 is 38.3. The molecule has 84 valence electrons. The van der Waals surface area contributed by atoms with Gasteiger partial charge < -0.3 is 0 Å². The van der Waals surface area contributed by atoms with E-state index < -0.39 is 11.6 Å². The predicted octanol–water partition coefficient (Wildman–Crippen LogP) is 4.14. The lowest BCUT2D eigenvalue weighted by atomic mass is 9.82. The Morgan fingerprint density at radius 2 is 1.27 bits per heavy atom. The van der Waals surface area contributed by atoms with E-state index in [1.165, 1.54) is 13.8 Å². The Kier molecular flexibility index (Phi) is 2.85. The van der Waals surface area contributed by atoms with Crippen LogP contribution < -0.4 is 0 Å². The summed E-state index contributed by atoms with van der Waals surface area (Å²) in [6.07, 6.45) is -4.22. The lowest BCUT2D eigenvalue weighted by Crippen LogP contribution is -2.36. The third-order valence-corrected chi connectivity index (χ3v) is 2.65. The van der Waals surface area contributed by atoms with E-state index in [1.54, 1.807) is 12.1 Å². The summed E-state index contributed by atoms with van der Waals surface area (Å²) in [5, 5.41) is 0. The largest absolute Gasteiger partial charge is 0.397 e. The van der Waals surface area contributed by atoms with Gasteiger partial charge in [-0.15, -0.1) is 0 Å². The van der Waals surface area contributed by atoms with E-state index in [1.807, 2.05) is 19.9 Å². The molecule has 15 heavy (non-hydrogen) atoms. The zero-order chi connectivity index (χ0) is 11.9. The van der Waals surface area contributed by atoms with E-state index in [0.29, 0.717) is 5.56 Å². The first-order valence-electron chi connectivity index (χ1n) is 4.80. The molecular weight excluding hydrogens is 201 g/mol. The normalized spacial score (nSPS) is 13.0. The molecule has 0 N–H and O–H groups in total. The van der Waals surface area contributed by atoms with Crippen LogP contribution in [0, 0.1) is 13.8 Å². The first-order valence-corrected chi connectivity index (χ1v) is 4.80. The summed E-state index contributed by atoms with van der Waals surface area (Å²) in [7, 11) is 0. The topological polar surface area (TPSA) is 0 Å². The zero-order valence-electron chi connectivity index (χ0n) is 9.37. The summed E-state index contributed by atoms with van der Waals surface area (Å²) in [6, 6.07) is 5.07. The van der Waals surface area contributed by atoms with Gasteiger partial charge in [-0.25, -0.2) is 0 Å². The lowest BCUT2D eigenvalue weighted by molar-refractivity contribution is -0.180. The zero-order valence-corrected chi connectivity index (χ0v) is 9.37. The van der Waals surface area contributed by atoms with Crippen LogP contribution in [0.5, 0.6) is 0 Å². The van der Waals surface area contributed by atoms with Crippen LogP contribution in [0.1, 0.15) is 30.5 Å². The van der Waals surface area contributed by atoms with Crippen LogP contribution in [0.3, 0.4) is 0 Å². The average Bonchev–Trinajstić information content (AvgIpc) is 1.99. The monoisotopic (exact) mass is 216 g/mol. The van der Waals surface area contributed by atoms with Crippen molar-refractivity contribution in [3.63, 3.8) is 0 Å². The molecule has 1 aromatic carbocycles. The maximum Gasteiger partial charge on any atom is 0.397 e. The van der Waals surface area contributed by atoms with Gasteiger partial charge in [-0.3, -0.25) is 0 Å². The quantitative estimate of drug-likeness (QED) is 0.661. The molecule has 1 aromatic rings. The number of hydrogen-bond acceptors (Lipinski definition) is 0. The lowest BCUT2D eigenvalue weighted by Gasteiger charge is -2.28. The molecule has 0 aromatic heterocycles. The molecule has 0 heterocycles. The standard InChI is InChI=1S/C12H15F3/c1-8-5-9(2)7-10(6-8)11(3,4)12(13,14)15/h5-7H,1-4H3. The van der Waals surface area contributed by atoms with Gasteiger partial charge in [-0.05, 0) is 33.3 Å². The number of halogens is 3. The minimum atomic E-state index is -4.22. The van der Waals surface area contributed by atoms with Crippen LogP contribution in [0.25, 0.3) is 0 Å². The molecule has 0 spiro atoms. The molecule has 0 nitrogen and oxygen atoms in total. The molecule has 0 saturated heterocycles. The van der Waals surface area contributed by atoms with Gasteiger partial charge >= 0.3 is 6.18 Å². The molecule has 0 aliphatic rings. The van der Waals surface area contributed by atoms with Crippen LogP contribution in [0.2, 0.25) is 0 Å². The van der Waals surface area contributed by atoms with Crippen molar-refractivity contribution in [1.82, 2.24) is 0 Å². The van der Waals surface area contributed by atoms with Crippen molar-refractivity contribution in [3.8, 4) is 0 Å². The van der Waals surface area contributed by atoms with E-state index in [2.05, 4.69) is 0 Å². The van der Waals surface area contributed by atoms with E-state index in [4.69, 9.17) is 0 Å². The van der Waals surface area contributed by atoms with Gasteiger partial charge in [0.1, 0.15) is 0 Å². The van der Waals surface area contributed by atoms with Crippen LogP contribution >= 0.6 is 0 Å². The number of rotatable bonds is 1. The molecule has 3 heteroatoms. The summed E-state index contributed by atoms with van der Waals surface area (Å²) in [6.45, 7) is 6.04. The van der Waals surface area contributed by atoms with Crippen LogP contribution in [0.4, 0.5) is 13.2 Å². The number of alkyl halides is 3. The van der Waals surface area contributed by atoms with Gasteiger partial charge in [-0.2, -0.15) is 13.2 Å². The van der Waals surface area contributed by atoms with E-state index >= 15 is 0 Å². The van der Waals surface area contributed by atoms with Crippen LogP contribution in [-0.4, -0.2) is 6.18 Å². The molecule has 0 fully saturated rings. The molecule has 1 rings (SSSR count). The molecule has 0 aliphatic carbocycles. The number of aryl methyl sites for hydroxylation is 2. The first-order chi connectivity index (χ1) is 6.64. The van der Waals surface area contributed by atoms with Crippen molar-refractivity contribution < 1.29 is 13.2 Å². The van der Waals surface area contributed by atoms with Crippen molar-refractivity contribution in [1.29, 1.82) is 0 Å². The van der Waals surface area contributed by atoms with Crippen LogP contribution in [-0.2, 0) is 5.41 Å². The Labute approximate surface area is 88.1 Å². The van der Waals surface area contributed by atoms with Crippen molar-refractivity contribution in [3.05, 3.63) is 34.9 Å². The van der Waals surface area contributed by atoms with Gasteiger partial charge in [0.2, 0.25) is 0 Å². The second-order valence-corrected chi connectivity index (χ2v) is 4.50. The molecular formula is C12H15F3. The van der Waals surface area contributed by atoms with Crippen molar-refractivity contribution >= 4 is 0 Å². The Hall–Kier alpha value is -0.990. The smallest absolute Gasteiger partial charge is 0.170 e. The second-order valence-electron chi connectivity index (χ2n) is 4.50. The maximum absolute atomic E-state index is 12.8. The van der Waals surface area contributed by atoms with E-state index in [9.17, 15) is 13.2 Å². The van der Waals surface area contributed by atoms with Gasteiger partial charge in [0, 0.05) is 0 Å². The molecule has 0 unspecified atom stereocenters. The molecule has 0 radical (unpaired) electrons. The highest BCUT2D eigenvalue weighted by Crippen LogP contribution is 2.40. The molecule has 0 atom stereocenters. The third kappa shape index (κ3) is 2.33. The van der Waals surface area contributed by atoms with Gasteiger partial charge in [0.05, 0.1) is 5.41 Å². The van der Waals surface area contributed by atoms with Crippen molar-refractivity contribution in [2.24, 2.45) is 0 Å². The minimum Gasteiger partial charge on any atom is -0.170 e. The summed E-state index contributed by atoms with van der Waals surface area (Å²) in [5.74, 6) is 0. The van der Waals surface area contributed by atoms with Gasteiger partial charge in [0.15, 0.2) is 0 Å². The predicted molar refractivity (Wildman–Crippen MR) is 55.0 cm³/mol. The minimum absolute atomic E-state index is 0.326. The number of benzene rings is 1. The van der Waals surface area contributed by atoms with Gasteiger partial charge in [0.25, 0.3) is 0 Å². The molecule has 0 bridgehead atoms.